The Bertz CT molecular complexity index is 768. The van der Waals surface area contributed by atoms with Crippen LogP contribution in [0.15, 0.2) is 30.3 Å². The molecule has 0 saturated heterocycles. The molecule has 2 rings (SSSR count). The van der Waals surface area contributed by atoms with Crippen LogP contribution in [0.2, 0.25) is 0 Å². The molecule has 1 aromatic heterocycles. The fraction of sp³-hybridized carbons (Fsp3) is 0.235. The Hall–Kier alpha value is -2.67. The van der Waals surface area contributed by atoms with E-state index >= 15 is 0 Å². The Kier molecular flexibility index (Phi) is 5.70. The molecular weight excluding hydrogens is 328 g/mol. The number of carbonyl (C=O) groups is 3. The second-order valence-electron chi connectivity index (χ2n) is 5.23. The second-order valence-corrected chi connectivity index (χ2v) is 6.25. The van der Waals surface area contributed by atoms with Gasteiger partial charge in [0.1, 0.15) is 11.5 Å². The second kappa shape index (κ2) is 7.74. The third-order valence-electron chi connectivity index (χ3n) is 3.39. The van der Waals surface area contributed by atoms with Crippen LogP contribution in [-0.2, 0) is 11.3 Å². The number of anilines is 1. The molecule has 0 bridgehead atoms. The number of ketones is 1. The standard InChI is InChI=1S/C17H18N2O4S/c1-10-14(16(23)18-8-12-6-4-3-5-7-12)17(19-9-13(21)22)24-15(10)11(2)20/h3-7,19H,8-9H2,1-2H3,(H,18,23)(H,21,22). The van der Waals surface area contributed by atoms with Crippen molar-refractivity contribution in [3.05, 3.63) is 51.9 Å². The van der Waals surface area contributed by atoms with E-state index in [0.717, 1.165) is 16.9 Å². The highest BCUT2D eigenvalue weighted by Gasteiger charge is 2.23. The smallest absolute Gasteiger partial charge is 0.322 e. The molecule has 0 unspecified atom stereocenters. The largest absolute Gasteiger partial charge is 0.480 e. The van der Waals surface area contributed by atoms with Crippen molar-refractivity contribution in [2.45, 2.75) is 20.4 Å². The van der Waals surface area contributed by atoms with Gasteiger partial charge in [0.15, 0.2) is 5.78 Å². The topological polar surface area (TPSA) is 95.5 Å². The summed E-state index contributed by atoms with van der Waals surface area (Å²) in [7, 11) is 0. The molecule has 2 aromatic rings. The number of amides is 1. The van der Waals surface area contributed by atoms with Crippen LogP contribution in [0.25, 0.3) is 0 Å². The van der Waals surface area contributed by atoms with Crippen LogP contribution in [0.3, 0.4) is 0 Å². The number of rotatable bonds is 7. The summed E-state index contributed by atoms with van der Waals surface area (Å²) in [6.45, 7) is 3.14. The number of thiophene rings is 1. The molecule has 0 atom stereocenters. The number of benzene rings is 1. The lowest BCUT2D eigenvalue weighted by Gasteiger charge is -2.08. The first kappa shape index (κ1) is 17.7. The van der Waals surface area contributed by atoms with Crippen LogP contribution in [0, 0.1) is 6.92 Å². The lowest BCUT2D eigenvalue weighted by atomic mass is 10.1. The summed E-state index contributed by atoms with van der Waals surface area (Å²) in [6, 6.07) is 9.44. The summed E-state index contributed by atoms with van der Waals surface area (Å²) in [5.41, 5.74) is 1.83. The normalized spacial score (nSPS) is 10.2. The van der Waals surface area contributed by atoms with E-state index in [-0.39, 0.29) is 18.2 Å². The molecule has 126 valence electrons. The zero-order valence-electron chi connectivity index (χ0n) is 13.4. The van der Waals surface area contributed by atoms with Crippen LogP contribution in [0.4, 0.5) is 5.00 Å². The summed E-state index contributed by atoms with van der Waals surface area (Å²) in [6.07, 6.45) is 0. The van der Waals surface area contributed by atoms with Gasteiger partial charge in [0, 0.05) is 6.54 Å². The van der Waals surface area contributed by atoms with Crippen molar-refractivity contribution in [3.63, 3.8) is 0 Å². The van der Waals surface area contributed by atoms with E-state index in [4.69, 9.17) is 5.11 Å². The van der Waals surface area contributed by atoms with Gasteiger partial charge in [-0.05, 0) is 25.0 Å². The van der Waals surface area contributed by atoms with Gasteiger partial charge in [-0.1, -0.05) is 30.3 Å². The fourth-order valence-electron chi connectivity index (χ4n) is 2.27. The molecule has 0 aliphatic heterocycles. The molecule has 0 aliphatic carbocycles. The molecule has 6 nitrogen and oxygen atoms in total. The molecule has 0 radical (unpaired) electrons. The molecule has 0 spiro atoms. The maximum absolute atomic E-state index is 12.5. The molecular formula is C17H18N2O4S. The van der Waals surface area contributed by atoms with Crippen molar-refractivity contribution < 1.29 is 19.5 Å². The highest BCUT2D eigenvalue weighted by atomic mass is 32.1. The first-order chi connectivity index (χ1) is 11.4. The fourth-order valence-corrected chi connectivity index (χ4v) is 3.36. The van der Waals surface area contributed by atoms with E-state index < -0.39 is 5.97 Å². The average molecular weight is 346 g/mol. The lowest BCUT2D eigenvalue weighted by molar-refractivity contribution is -0.134. The Morgan fingerprint density at radius 1 is 1.17 bits per heavy atom. The maximum Gasteiger partial charge on any atom is 0.322 e. The van der Waals surface area contributed by atoms with Gasteiger partial charge in [0.05, 0.1) is 10.4 Å². The number of nitrogens with one attached hydrogen (secondary N) is 2. The quantitative estimate of drug-likeness (QED) is 0.670. The van der Waals surface area contributed by atoms with Crippen LogP contribution >= 0.6 is 11.3 Å². The number of aliphatic carboxylic acids is 1. The number of hydrogen-bond acceptors (Lipinski definition) is 5. The Balaban J connectivity index is 2.23. The minimum atomic E-state index is -1.04. The average Bonchev–Trinajstić information content (AvgIpc) is 2.88. The van der Waals surface area contributed by atoms with Crippen LogP contribution < -0.4 is 10.6 Å². The van der Waals surface area contributed by atoms with Gasteiger partial charge < -0.3 is 15.7 Å². The minimum Gasteiger partial charge on any atom is -0.480 e. The number of carboxylic acid groups (broad SMARTS) is 1. The van der Waals surface area contributed by atoms with Gasteiger partial charge in [-0.15, -0.1) is 11.3 Å². The molecule has 0 fully saturated rings. The van der Waals surface area contributed by atoms with E-state index in [1.54, 1.807) is 6.92 Å². The van der Waals surface area contributed by atoms with Crippen molar-refractivity contribution in [2.75, 3.05) is 11.9 Å². The molecule has 1 aromatic carbocycles. The van der Waals surface area contributed by atoms with Crippen molar-refractivity contribution in [3.8, 4) is 0 Å². The number of carbonyl (C=O) groups excluding carboxylic acids is 2. The van der Waals surface area contributed by atoms with Gasteiger partial charge in [0.2, 0.25) is 0 Å². The van der Waals surface area contributed by atoms with Crippen LogP contribution in [0.5, 0.6) is 0 Å². The van der Waals surface area contributed by atoms with Gasteiger partial charge in [-0.25, -0.2) is 0 Å². The summed E-state index contributed by atoms with van der Waals surface area (Å²) >= 11 is 1.10. The van der Waals surface area contributed by atoms with E-state index in [1.807, 2.05) is 30.3 Å². The zero-order valence-corrected chi connectivity index (χ0v) is 14.2. The molecule has 24 heavy (non-hydrogen) atoms. The predicted octanol–water partition coefficient (Wildman–Crippen LogP) is 2.69. The van der Waals surface area contributed by atoms with E-state index in [0.29, 0.717) is 27.5 Å². The van der Waals surface area contributed by atoms with Gasteiger partial charge in [-0.2, -0.15) is 0 Å². The first-order valence-corrected chi connectivity index (χ1v) is 8.14. The van der Waals surface area contributed by atoms with Crippen molar-refractivity contribution in [1.29, 1.82) is 0 Å². The molecule has 1 amide bonds. The Morgan fingerprint density at radius 3 is 2.42 bits per heavy atom. The van der Waals surface area contributed by atoms with E-state index in [1.165, 1.54) is 6.92 Å². The van der Waals surface area contributed by atoms with Crippen molar-refractivity contribution in [2.24, 2.45) is 0 Å². The molecule has 7 heteroatoms. The van der Waals surface area contributed by atoms with Crippen molar-refractivity contribution >= 4 is 34.0 Å². The maximum atomic E-state index is 12.5. The molecule has 0 aliphatic rings. The van der Waals surface area contributed by atoms with Gasteiger partial charge in [-0.3, -0.25) is 14.4 Å². The summed E-state index contributed by atoms with van der Waals surface area (Å²) < 4.78 is 0. The van der Waals surface area contributed by atoms with E-state index in [2.05, 4.69) is 10.6 Å². The molecule has 3 N–H and O–H groups in total. The lowest BCUT2D eigenvalue weighted by Crippen LogP contribution is -2.24. The summed E-state index contributed by atoms with van der Waals surface area (Å²) in [5, 5.41) is 14.7. The zero-order chi connectivity index (χ0) is 17.7. The first-order valence-electron chi connectivity index (χ1n) is 7.32. The highest BCUT2D eigenvalue weighted by Crippen LogP contribution is 2.33. The molecule has 0 saturated carbocycles. The predicted molar refractivity (Wildman–Crippen MR) is 92.8 cm³/mol. The number of Topliss-reactive ketones (excluding diaryl/α,β-unsaturated/α-hetero) is 1. The van der Waals surface area contributed by atoms with Crippen LogP contribution in [-0.4, -0.2) is 29.3 Å². The van der Waals surface area contributed by atoms with Crippen LogP contribution in [0.1, 0.15) is 38.1 Å². The SMILES string of the molecule is CC(=O)c1sc(NCC(=O)O)c(C(=O)NCc2ccccc2)c1C. The number of carboxylic acids is 1. The van der Waals surface area contributed by atoms with Gasteiger partial charge >= 0.3 is 5.97 Å². The highest BCUT2D eigenvalue weighted by molar-refractivity contribution is 7.18. The minimum absolute atomic E-state index is 0.155. The monoisotopic (exact) mass is 346 g/mol. The van der Waals surface area contributed by atoms with Gasteiger partial charge in [0.25, 0.3) is 5.91 Å². The Morgan fingerprint density at radius 2 is 1.83 bits per heavy atom. The van der Waals surface area contributed by atoms with Crippen molar-refractivity contribution in [1.82, 2.24) is 5.32 Å². The molecule has 1 heterocycles. The Labute approximate surface area is 143 Å². The summed E-state index contributed by atoms with van der Waals surface area (Å²) in [4.78, 5) is 35.5. The summed E-state index contributed by atoms with van der Waals surface area (Å²) in [5.74, 6) is -1.54. The third-order valence-corrected chi connectivity index (χ3v) is 4.74. The third kappa shape index (κ3) is 4.20. The number of hydrogen-bond donors (Lipinski definition) is 3. The van der Waals surface area contributed by atoms with E-state index in [9.17, 15) is 14.4 Å².